The number of nitrogens with two attached hydrogens (primary N) is 3. The molecular weight excluding hydrogens is 1820 g/mol. The summed E-state index contributed by atoms with van der Waals surface area (Å²) >= 11 is 3.93. The van der Waals surface area contributed by atoms with Crippen molar-refractivity contribution in [2.24, 2.45) is 17.2 Å². The number of thiol groups is 1. The van der Waals surface area contributed by atoms with Gasteiger partial charge in [-0.3, -0.25) is 125 Å². The molecule has 1 rings (SSSR count). The molecule has 63 heteroatoms. The van der Waals surface area contributed by atoms with Crippen molar-refractivity contribution in [1.29, 1.82) is 0 Å². The summed E-state index contributed by atoms with van der Waals surface area (Å²) in [5.74, 6) is -42.7. The van der Waals surface area contributed by atoms with Crippen LogP contribution in [-0.4, -0.2) is 408 Å². The number of carbonyl (C=O) groups is 27. The topological polar surface area (TPSA) is 1040 Å². The van der Waals surface area contributed by atoms with Crippen LogP contribution in [0.5, 0.6) is 0 Å². The standard InChI is InChI=1S/C70H106N20O42S/c1-25(97)52(68(129)87-40(23-96)62(123)74-27(5-9-46(102)103)53(114)77-32(16-50(110)111)58(119)81-34(70(131)132)14-44(73)99)89-66(127)41(24-133)88-59(120)33(17-51(112)113)78-57(118)31(15-49(108)109)79-63(124)37(20-93)82-54(115)28(6-10-47(104)105)76-61(122)36(19-92)85-65(126)39(22-95)86-64(125)38(21-94)83-55(116)29(7-11-48(106)107)75-60(121)35(18-91)84-56(117)30(13-43(72)98)80-67(128)42-3-2-12-90(42)69(130)26(71)4-8-45(100)101/h25-42,52,91-97,133H,2-24,71H2,1H3,(H2,72,98)(H2,73,99)(H,74,123)(H,75,121)(H,76,122)(H,77,114)(H,78,118)(H,79,124)(H,80,128)(H,81,119)(H,82,115)(H,83,116)(H,84,117)(H,85,126)(H,86,125)(H,87,129)(H,88,120)(H,89,127)(H,100,101)(H,102,103)(H,104,105)(H,106,107)(H,108,109)(H,110,111)(H,112,113)(H,131,132)/t25-,26+,27+,28+,29+,30+,31+,32+,33+,34+,35+,36+,37+,38+,39+,40+,41+,42+,52+/m1/s1. The number of primary amides is 2. The lowest BCUT2D eigenvalue weighted by molar-refractivity contribution is -0.145. The van der Waals surface area contributed by atoms with Crippen LogP contribution in [0.1, 0.15) is 103 Å². The van der Waals surface area contributed by atoms with E-state index >= 15 is 0 Å². The largest absolute Gasteiger partial charge is 0.481 e. The first-order chi connectivity index (χ1) is 62.1. The number of aliphatic hydroxyl groups excluding tert-OH is 7. The first kappa shape index (κ1) is 117. The summed E-state index contributed by atoms with van der Waals surface area (Å²) in [6.45, 7) is -7.84. The molecule has 1 heterocycles. The number of hydrogen-bond donors (Lipinski definition) is 35. The molecule has 1 aliphatic heterocycles. The van der Waals surface area contributed by atoms with Crippen molar-refractivity contribution >= 4 is 173 Å². The fraction of sp³-hybridized carbons (Fsp3) is 0.614. The Bertz CT molecular complexity index is 4280. The van der Waals surface area contributed by atoms with Crippen LogP contribution in [0.15, 0.2) is 0 Å². The van der Waals surface area contributed by atoms with Crippen molar-refractivity contribution in [3.05, 3.63) is 0 Å². The third-order valence-electron chi connectivity index (χ3n) is 18.5. The van der Waals surface area contributed by atoms with E-state index in [4.69, 9.17) is 22.3 Å². The van der Waals surface area contributed by atoms with E-state index in [0.717, 1.165) is 11.8 Å². The Labute approximate surface area is 753 Å². The molecule has 19 amide bonds. The van der Waals surface area contributed by atoms with Crippen LogP contribution in [0.2, 0.25) is 0 Å². The first-order valence-corrected chi connectivity index (χ1v) is 40.0. The molecular formula is C70H106N20O42S. The number of rotatable bonds is 64. The highest BCUT2D eigenvalue weighted by molar-refractivity contribution is 7.80. The van der Waals surface area contributed by atoms with Gasteiger partial charge in [0.1, 0.15) is 103 Å². The molecule has 0 aromatic carbocycles. The number of carboxylic acids is 8. The monoisotopic (exact) mass is 1930 g/mol. The number of likely N-dealkylation sites (tertiary alicyclic amines) is 1. The van der Waals surface area contributed by atoms with Crippen LogP contribution in [0.25, 0.3) is 0 Å². The van der Waals surface area contributed by atoms with E-state index in [2.05, 4.69) is 17.9 Å². The van der Waals surface area contributed by atoms with Crippen LogP contribution in [0.4, 0.5) is 0 Å². The van der Waals surface area contributed by atoms with Crippen LogP contribution in [0, 0.1) is 0 Å². The summed E-state index contributed by atoms with van der Waals surface area (Å²) < 4.78 is 0. The first-order valence-electron chi connectivity index (χ1n) is 39.3. The molecule has 0 aliphatic carbocycles. The summed E-state index contributed by atoms with van der Waals surface area (Å²) in [4.78, 5) is 348. The van der Waals surface area contributed by atoms with E-state index in [-0.39, 0.29) is 25.8 Å². The van der Waals surface area contributed by atoms with Crippen LogP contribution in [-0.2, 0) is 129 Å². The molecule has 0 spiro atoms. The second-order valence-electron chi connectivity index (χ2n) is 28.9. The van der Waals surface area contributed by atoms with E-state index < -0.39 is 397 Å². The maximum atomic E-state index is 13.8. The van der Waals surface area contributed by atoms with Gasteiger partial charge in [-0.25, -0.2) is 4.79 Å². The van der Waals surface area contributed by atoms with Gasteiger partial charge in [-0.15, -0.1) is 0 Å². The van der Waals surface area contributed by atoms with Crippen LogP contribution >= 0.6 is 12.6 Å². The number of nitrogens with one attached hydrogen (secondary N) is 16. The normalized spacial score (nSPS) is 16.1. The van der Waals surface area contributed by atoms with E-state index in [1.54, 1.807) is 16.0 Å². The predicted molar refractivity (Wildman–Crippen MR) is 431 cm³/mol. The van der Waals surface area contributed by atoms with E-state index in [1.165, 1.54) is 0 Å². The maximum absolute atomic E-state index is 13.8. The summed E-state index contributed by atoms with van der Waals surface area (Å²) in [5.41, 5.74) is 16.1. The van der Waals surface area contributed by atoms with Gasteiger partial charge in [-0.1, -0.05) is 0 Å². The summed E-state index contributed by atoms with van der Waals surface area (Å²) in [5, 5.41) is 178. The number of carbonyl (C=O) groups excluding carboxylic acids is 19. The molecule has 62 nitrogen and oxygen atoms in total. The van der Waals surface area contributed by atoms with Crippen LogP contribution in [0.3, 0.4) is 0 Å². The highest BCUT2D eigenvalue weighted by Gasteiger charge is 2.43. The smallest absolute Gasteiger partial charge is 0.326 e. The molecule has 0 saturated carbocycles. The molecule has 1 aliphatic rings. The molecule has 1 saturated heterocycles. The van der Waals surface area contributed by atoms with Gasteiger partial charge in [-0.05, 0) is 45.4 Å². The van der Waals surface area contributed by atoms with Gasteiger partial charge >= 0.3 is 47.8 Å². The molecule has 0 bridgehead atoms. The third kappa shape index (κ3) is 42.0. The Morgan fingerprint density at radius 1 is 0.308 bits per heavy atom. The maximum Gasteiger partial charge on any atom is 0.326 e. The number of aliphatic hydroxyl groups is 7. The fourth-order valence-corrected chi connectivity index (χ4v) is 11.8. The van der Waals surface area contributed by atoms with E-state index in [1.807, 2.05) is 63.8 Å². The Balaban J connectivity index is 3.40. The Kier molecular flexibility index (Phi) is 51.3. The van der Waals surface area contributed by atoms with Crippen molar-refractivity contribution < 1.29 is 206 Å². The third-order valence-corrected chi connectivity index (χ3v) is 18.9. The van der Waals surface area contributed by atoms with Gasteiger partial charge in [0.2, 0.25) is 112 Å². The van der Waals surface area contributed by atoms with Crippen LogP contribution < -0.4 is 102 Å². The molecule has 37 N–H and O–H groups in total. The van der Waals surface area contributed by atoms with Crippen molar-refractivity contribution in [1.82, 2.24) is 90.0 Å². The molecule has 133 heavy (non-hydrogen) atoms. The SMILES string of the molecule is C[C@@H](O)[C@H](NC(=O)[C@H](CS)NC(=O)[C@H](CC(=O)O)NC(=O)[C@H](CC(=O)O)NC(=O)[C@H](CO)NC(=O)[C@H](CCC(=O)O)NC(=O)[C@H](CO)NC(=O)[C@H](CO)NC(=O)[C@H](CO)NC(=O)[C@H](CCC(=O)O)NC(=O)[C@H](CO)NC(=O)[C@H](CC(N)=O)NC(=O)[C@@H]1CCCN1C(=O)[C@@H](N)CCC(=O)O)C(=O)N[C@@H](CO)C(=O)N[C@@H](CCC(=O)O)C(=O)N[C@@H](CC(=O)O)C(=O)N[C@@H](CC(N)=O)C(=O)O. The minimum absolute atomic E-state index is 0.0147. The highest BCUT2D eigenvalue weighted by Crippen LogP contribution is 2.20. The molecule has 744 valence electrons. The zero-order chi connectivity index (χ0) is 102. The lowest BCUT2D eigenvalue weighted by Gasteiger charge is -2.28. The number of carboxylic acid groups (broad SMARTS) is 8. The van der Waals surface area contributed by atoms with Gasteiger partial charge in [0.15, 0.2) is 0 Å². The molecule has 0 aromatic rings. The van der Waals surface area contributed by atoms with Crippen molar-refractivity contribution in [2.75, 3.05) is 51.9 Å². The summed E-state index contributed by atoms with van der Waals surface area (Å²) in [7, 11) is 0. The van der Waals surface area contributed by atoms with Gasteiger partial charge < -0.3 is 184 Å². The quantitative estimate of drug-likeness (QED) is 0.0251. The second kappa shape index (κ2) is 58.4. The van der Waals surface area contributed by atoms with Crippen molar-refractivity contribution in [2.45, 2.75) is 218 Å². The van der Waals surface area contributed by atoms with Gasteiger partial charge in [0.05, 0.1) is 83.9 Å². The fourth-order valence-electron chi connectivity index (χ4n) is 11.6. The minimum atomic E-state index is -2.47. The summed E-state index contributed by atoms with van der Waals surface area (Å²) in [6, 6.07) is -38.1. The predicted octanol–water partition coefficient (Wildman–Crippen LogP) is -20.0. The van der Waals surface area contributed by atoms with Gasteiger partial charge in [-0.2, -0.15) is 12.6 Å². The molecule has 19 atom stereocenters. The minimum Gasteiger partial charge on any atom is -0.481 e. The molecule has 0 aromatic heterocycles. The number of nitrogens with zero attached hydrogens (tertiary/aromatic N) is 1. The van der Waals surface area contributed by atoms with E-state index in [9.17, 15) is 201 Å². The van der Waals surface area contributed by atoms with Gasteiger partial charge in [0.25, 0.3) is 0 Å². The lowest BCUT2D eigenvalue weighted by Crippen LogP contribution is -2.63. The lowest BCUT2D eigenvalue weighted by atomic mass is 10.1. The molecule has 0 radical (unpaired) electrons. The Morgan fingerprint density at radius 3 is 0.805 bits per heavy atom. The Hall–Kier alpha value is -14.3. The zero-order valence-corrected chi connectivity index (χ0v) is 71.0. The van der Waals surface area contributed by atoms with Crippen molar-refractivity contribution in [3.63, 3.8) is 0 Å². The molecule has 1 fully saturated rings. The van der Waals surface area contributed by atoms with Gasteiger partial charge in [0, 0.05) is 38.0 Å². The Morgan fingerprint density at radius 2 is 0.541 bits per heavy atom. The number of hydrogen-bond acceptors (Lipinski definition) is 36. The second-order valence-corrected chi connectivity index (χ2v) is 29.3. The zero-order valence-electron chi connectivity index (χ0n) is 70.1. The molecule has 0 unspecified atom stereocenters. The summed E-state index contributed by atoms with van der Waals surface area (Å²) in [6.07, 6.45) is -14.7. The number of amides is 19. The van der Waals surface area contributed by atoms with E-state index in [0.29, 0.717) is 0 Å². The number of aliphatic carboxylic acids is 8. The highest BCUT2D eigenvalue weighted by atomic mass is 32.1. The van der Waals surface area contributed by atoms with Crippen molar-refractivity contribution in [3.8, 4) is 0 Å². The average molecular weight is 1930 g/mol. The average Bonchev–Trinajstić information content (AvgIpc) is 1.70.